The van der Waals surface area contributed by atoms with Gasteiger partial charge in [-0.1, -0.05) is 44.2 Å². The van der Waals surface area contributed by atoms with Crippen LogP contribution in [0.15, 0.2) is 48.5 Å². The Morgan fingerprint density at radius 3 is 2.55 bits per heavy atom. The summed E-state index contributed by atoms with van der Waals surface area (Å²) in [6.07, 6.45) is 2.93. The van der Waals surface area contributed by atoms with Gasteiger partial charge in [0.2, 0.25) is 5.91 Å². The van der Waals surface area contributed by atoms with Crippen LogP contribution >= 0.6 is 12.2 Å². The molecule has 0 aromatic heterocycles. The molecule has 8 heteroatoms. The van der Waals surface area contributed by atoms with E-state index in [9.17, 15) is 9.59 Å². The van der Waals surface area contributed by atoms with Crippen LogP contribution in [0.4, 0.5) is 0 Å². The average Bonchev–Trinajstić information content (AvgIpc) is 2.74. The Kier molecular flexibility index (Phi) is 9.02. The summed E-state index contributed by atoms with van der Waals surface area (Å²) in [4.78, 5) is 24.1. The van der Waals surface area contributed by atoms with Gasteiger partial charge in [-0.3, -0.25) is 25.8 Å². The van der Waals surface area contributed by atoms with E-state index >= 15 is 0 Å². The highest BCUT2D eigenvalue weighted by Gasteiger charge is 2.11. The predicted molar refractivity (Wildman–Crippen MR) is 125 cm³/mol. The normalized spacial score (nSPS) is 10.6. The molecule has 0 saturated heterocycles. The van der Waals surface area contributed by atoms with Gasteiger partial charge in [-0.25, -0.2) is 0 Å². The van der Waals surface area contributed by atoms with Crippen LogP contribution in [0.25, 0.3) is 6.08 Å². The van der Waals surface area contributed by atoms with Crippen molar-refractivity contribution < 1.29 is 19.1 Å². The third-order valence-corrected chi connectivity index (χ3v) is 4.46. The van der Waals surface area contributed by atoms with Gasteiger partial charge in [0.25, 0.3) is 5.91 Å². The van der Waals surface area contributed by atoms with E-state index in [-0.39, 0.29) is 17.6 Å². The number of carbonyl (C=O) groups is 2. The molecule has 0 aliphatic rings. The predicted octanol–water partition coefficient (Wildman–Crippen LogP) is 3.24. The van der Waals surface area contributed by atoms with E-state index in [1.54, 1.807) is 19.3 Å². The standard InChI is InChI=1S/C23H27N3O4S/c1-15(2)18-11-9-16(3)13-20(18)30-14-22(28)25-26-23(31)24-21(27)12-10-17-7-5-6-8-19(17)29-4/h5-13,15H,14H2,1-4H3,(H,25,28)(H2,24,26,27,31)/b12-10+. The minimum Gasteiger partial charge on any atom is -0.496 e. The molecule has 2 aromatic rings. The number of hydrogen-bond donors (Lipinski definition) is 3. The first-order valence-electron chi connectivity index (χ1n) is 9.74. The Morgan fingerprint density at radius 1 is 1.10 bits per heavy atom. The molecule has 0 saturated carbocycles. The molecule has 0 unspecified atom stereocenters. The molecule has 31 heavy (non-hydrogen) atoms. The summed E-state index contributed by atoms with van der Waals surface area (Å²) < 4.78 is 10.9. The van der Waals surface area contributed by atoms with Gasteiger partial charge < -0.3 is 9.47 Å². The Morgan fingerprint density at radius 2 is 1.84 bits per heavy atom. The molecule has 0 radical (unpaired) electrons. The van der Waals surface area contributed by atoms with Gasteiger partial charge in [-0.05, 0) is 54.4 Å². The molecule has 0 atom stereocenters. The van der Waals surface area contributed by atoms with Crippen LogP contribution in [0.1, 0.15) is 36.5 Å². The van der Waals surface area contributed by atoms with Crippen LogP contribution in [0.5, 0.6) is 11.5 Å². The van der Waals surface area contributed by atoms with Gasteiger partial charge >= 0.3 is 0 Å². The number of methoxy groups -OCH3 is 1. The van der Waals surface area contributed by atoms with Crippen LogP contribution in [0.3, 0.4) is 0 Å². The minimum atomic E-state index is -0.449. The first kappa shape index (κ1) is 23.9. The lowest BCUT2D eigenvalue weighted by atomic mass is 10.0. The van der Waals surface area contributed by atoms with E-state index in [1.807, 2.05) is 43.3 Å². The molecule has 7 nitrogen and oxygen atoms in total. The molecule has 2 amide bonds. The van der Waals surface area contributed by atoms with Gasteiger partial charge in [-0.2, -0.15) is 0 Å². The summed E-state index contributed by atoms with van der Waals surface area (Å²) in [6, 6.07) is 13.2. The first-order valence-corrected chi connectivity index (χ1v) is 10.1. The SMILES string of the molecule is COc1ccccc1/C=C/C(=O)NC(=S)NNC(=O)COc1cc(C)ccc1C(C)C. The van der Waals surface area contributed by atoms with Gasteiger partial charge in [0.1, 0.15) is 11.5 Å². The van der Waals surface area contributed by atoms with Crippen molar-refractivity contribution >= 4 is 35.2 Å². The van der Waals surface area contributed by atoms with Crippen molar-refractivity contribution in [1.82, 2.24) is 16.2 Å². The number of carbonyl (C=O) groups excluding carboxylic acids is 2. The van der Waals surface area contributed by atoms with Gasteiger partial charge in [0.15, 0.2) is 11.7 Å². The maximum absolute atomic E-state index is 12.1. The lowest BCUT2D eigenvalue weighted by Gasteiger charge is -2.15. The van der Waals surface area contributed by atoms with Crippen molar-refractivity contribution in [2.24, 2.45) is 0 Å². The molecule has 0 aliphatic carbocycles. The summed E-state index contributed by atoms with van der Waals surface area (Å²) in [5.41, 5.74) is 7.70. The quantitative estimate of drug-likeness (QED) is 0.347. The third-order valence-electron chi connectivity index (χ3n) is 4.26. The number of para-hydroxylation sites is 1. The van der Waals surface area contributed by atoms with Crippen molar-refractivity contribution in [3.05, 3.63) is 65.2 Å². The Labute approximate surface area is 187 Å². The largest absolute Gasteiger partial charge is 0.496 e. The number of nitrogens with one attached hydrogen (secondary N) is 3. The Bertz CT molecular complexity index is 973. The van der Waals surface area contributed by atoms with Gasteiger partial charge in [-0.15, -0.1) is 0 Å². The molecule has 0 fully saturated rings. The number of hydrogen-bond acceptors (Lipinski definition) is 5. The maximum atomic E-state index is 12.1. The van der Waals surface area contributed by atoms with Crippen molar-refractivity contribution in [3.8, 4) is 11.5 Å². The monoisotopic (exact) mass is 441 g/mol. The molecule has 0 spiro atoms. The van der Waals surface area contributed by atoms with Crippen LogP contribution in [-0.2, 0) is 9.59 Å². The minimum absolute atomic E-state index is 0.0403. The smallest absolute Gasteiger partial charge is 0.276 e. The first-order chi connectivity index (χ1) is 14.8. The zero-order chi connectivity index (χ0) is 22.8. The molecular formula is C23H27N3O4S. The number of amides is 2. The van der Waals surface area contributed by atoms with E-state index in [1.165, 1.54) is 6.08 Å². The molecule has 2 aromatic carbocycles. The number of aryl methyl sites for hydroxylation is 1. The lowest BCUT2D eigenvalue weighted by molar-refractivity contribution is -0.123. The number of ether oxygens (including phenoxy) is 2. The second-order valence-electron chi connectivity index (χ2n) is 7.05. The van der Waals surface area contributed by atoms with Gasteiger partial charge in [0, 0.05) is 11.6 Å². The second-order valence-corrected chi connectivity index (χ2v) is 7.46. The fourth-order valence-electron chi connectivity index (χ4n) is 2.70. The Hall–Kier alpha value is -3.39. The lowest BCUT2D eigenvalue weighted by Crippen LogP contribution is -2.49. The molecule has 164 valence electrons. The zero-order valence-corrected chi connectivity index (χ0v) is 18.8. The maximum Gasteiger partial charge on any atom is 0.276 e. The molecule has 3 N–H and O–H groups in total. The summed E-state index contributed by atoms with van der Waals surface area (Å²) >= 11 is 5.02. The zero-order valence-electron chi connectivity index (χ0n) is 18.0. The third kappa shape index (κ3) is 7.75. The van der Waals surface area contributed by atoms with E-state index in [0.29, 0.717) is 11.5 Å². The summed E-state index contributed by atoms with van der Waals surface area (Å²) in [5.74, 6) is 0.701. The van der Waals surface area contributed by atoms with E-state index < -0.39 is 11.8 Å². The molecular weight excluding hydrogens is 414 g/mol. The Balaban J connectivity index is 1.79. The second kappa shape index (κ2) is 11.7. The van der Waals surface area contributed by atoms with Crippen molar-refractivity contribution in [2.45, 2.75) is 26.7 Å². The summed E-state index contributed by atoms with van der Waals surface area (Å²) in [5, 5.41) is 2.41. The van der Waals surface area contributed by atoms with Gasteiger partial charge in [0.05, 0.1) is 7.11 Å². The fraction of sp³-hybridized carbons (Fsp3) is 0.261. The van der Waals surface area contributed by atoms with E-state index in [0.717, 1.165) is 16.7 Å². The highest BCUT2D eigenvalue weighted by atomic mass is 32.1. The van der Waals surface area contributed by atoms with Crippen LogP contribution in [0, 0.1) is 6.92 Å². The average molecular weight is 442 g/mol. The summed E-state index contributed by atoms with van der Waals surface area (Å²) in [7, 11) is 1.56. The number of thiocarbonyl (C=S) groups is 1. The van der Waals surface area contributed by atoms with Crippen LogP contribution in [-0.4, -0.2) is 30.6 Å². The van der Waals surface area contributed by atoms with Crippen molar-refractivity contribution in [3.63, 3.8) is 0 Å². The molecule has 2 rings (SSSR count). The molecule has 0 heterocycles. The van der Waals surface area contributed by atoms with Crippen LogP contribution < -0.4 is 25.6 Å². The fourth-order valence-corrected chi connectivity index (χ4v) is 2.86. The topological polar surface area (TPSA) is 88.7 Å². The highest BCUT2D eigenvalue weighted by Crippen LogP contribution is 2.27. The summed E-state index contributed by atoms with van der Waals surface area (Å²) in [6.45, 7) is 5.88. The number of hydrazine groups is 1. The van der Waals surface area contributed by atoms with E-state index in [4.69, 9.17) is 21.7 Å². The number of rotatable bonds is 7. The highest BCUT2D eigenvalue weighted by molar-refractivity contribution is 7.80. The van der Waals surface area contributed by atoms with Crippen LogP contribution in [0.2, 0.25) is 0 Å². The number of benzene rings is 2. The van der Waals surface area contributed by atoms with E-state index in [2.05, 4.69) is 30.0 Å². The molecule has 0 bridgehead atoms. The van der Waals surface area contributed by atoms with Crippen molar-refractivity contribution in [2.75, 3.05) is 13.7 Å². The molecule has 0 aliphatic heterocycles. The van der Waals surface area contributed by atoms with Crippen molar-refractivity contribution in [1.29, 1.82) is 0 Å².